The largest absolute Gasteiger partial charge is 0.376 e. The summed E-state index contributed by atoms with van der Waals surface area (Å²) in [6.45, 7) is 7.65. The van der Waals surface area contributed by atoms with Crippen molar-refractivity contribution >= 4 is 0 Å². The lowest BCUT2D eigenvalue weighted by molar-refractivity contribution is 0.106. The van der Waals surface area contributed by atoms with E-state index in [-0.39, 0.29) is 5.41 Å². The Balaban J connectivity index is 1.90. The van der Waals surface area contributed by atoms with E-state index < -0.39 is 0 Å². The van der Waals surface area contributed by atoms with Gasteiger partial charge in [0.15, 0.2) is 0 Å². The van der Waals surface area contributed by atoms with E-state index in [0.29, 0.717) is 12.1 Å². The lowest BCUT2D eigenvalue weighted by atomic mass is 9.78. The van der Waals surface area contributed by atoms with Crippen molar-refractivity contribution < 1.29 is 4.74 Å². The molecule has 0 amide bonds. The fourth-order valence-electron chi connectivity index (χ4n) is 3.36. The maximum Gasteiger partial charge on any atom is 0.0951 e. The van der Waals surface area contributed by atoms with Gasteiger partial charge in [-0.25, -0.2) is 4.98 Å². The second-order valence-corrected chi connectivity index (χ2v) is 5.93. The molecule has 2 fully saturated rings. The van der Waals surface area contributed by atoms with Crippen molar-refractivity contribution in [1.29, 1.82) is 0 Å². The van der Waals surface area contributed by atoms with E-state index in [0.717, 1.165) is 26.1 Å². The molecule has 0 spiro atoms. The van der Waals surface area contributed by atoms with Gasteiger partial charge in [-0.05, 0) is 39.3 Å². The molecule has 2 atom stereocenters. The van der Waals surface area contributed by atoms with Crippen LogP contribution in [0.1, 0.15) is 44.8 Å². The highest BCUT2D eigenvalue weighted by molar-refractivity contribution is 5.17. The highest BCUT2D eigenvalue weighted by atomic mass is 16.5. The summed E-state index contributed by atoms with van der Waals surface area (Å²) in [5, 5.41) is 3.45. The minimum atomic E-state index is 0.268. The van der Waals surface area contributed by atoms with Gasteiger partial charge in [-0.1, -0.05) is 6.92 Å². The van der Waals surface area contributed by atoms with Crippen LogP contribution in [0, 0.1) is 0 Å². The van der Waals surface area contributed by atoms with Crippen LogP contribution in [0.2, 0.25) is 0 Å². The Bertz CT molecular complexity index is 409. The fourth-order valence-corrected chi connectivity index (χ4v) is 3.36. The van der Waals surface area contributed by atoms with Gasteiger partial charge in [0.1, 0.15) is 0 Å². The predicted octanol–water partition coefficient (Wildman–Crippen LogP) is 1.87. The van der Waals surface area contributed by atoms with Gasteiger partial charge in [-0.3, -0.25) is 0 Å². The average Bonchev–Trinajstić information content (AvgIpc) is 2.98. The van der Waals surface area contributed by atoms with Gasteiger partial charge in [0.25, 0.3) is 0 Å². The lowest BCUT2D eigenvalue weighted by Gasteiger charge is -2.36. The summed E-state index contributed by atoms with van der Waals surface area (Å²) < 4.78 is 8.08. The second-order valence-electron chi connectivity index (χ2n) is 5.93. The Morgan fingerprint density at radius 2 is 2.22 bits per heavy atom. The Labute approximate surface area is 109 Å². The van der Waals surface area contributed by atoms with Gasteiger partial charge >= 0.3 is 0 Å². The first-order chi connectivity index (χ1) is 8.71. The highest BCUT2D eigenvalue weighted by Gasteiger charge is 2.35. The number of hydrogen-bond donors (Lipinski definition) is 1. The molecule has 3 heterocycles. The quantitative estimate of drug-likeness (QED) is 0.869. The Morgan fingerprint density at radius 1 is 1.44 bits per heavy atom. The number of nitrogens with zero attached hydrogens (tertiary/aromatic N) is 2. The minimum absolute atomic E-state index is 0.268. The first-order valence-corrected chi connectivity index (χ1v) is 7.05. The van der Waals surface area contributed by atoms with Crippen LogP contribution in [-0.2, 0) is 10.2 Å². The molecule has 3 rings (SSSR count). The molecule has 1 aromatic rings. The van der Waals surface area contributed by atoms with Crippen LogP contribution in [-0.4, -0.2) is 35.4 Å². The van der Waals surface area contributed by atoms with E-state index in [2.05, 4.69) is 34.9 Å². The summed E-state index contributed by atoms with van der Waals surface area (Å²) in [6.07, 6.45) is 7.87. The van der Waals surface area contributed by atoms with E-state index in [4.69, 9.17) is 4.74 Å². The van der Waals surface area contributed by atoms with Crippen molar-refractivity contribution in [2.24, 2.45) is 0 Å². The number of ether oxygens (including phenoxy) is 1. The first-order valence-electron chi connectivity index (χ1n) is 7.05. The van der Waals surface area contributed by atoms with Gasteiger partial charge in [-0.2, -0.15) is 0 Å². The Hall–Kier alpha value is -0.870. The van der Waals surface area contributed by atoms with Crippen molar-refractivity contribution in [3.63, 3.8) is 0 Å². The van der Waals surface area contributed by atoms with Crippen molar-refractivity contribution in [3.05, 3.63) is 18.2 Å². The maximum atomic E-state index is 5.70. The molecule has 0 aromatic carbocycles. The summed E-state index contributed by atoms with van der Waals surface area (Å²) in [5.41, 5.74) is 1.66. The zero-order valence-electron chi connectivity index (χ0n) is 11.4. The maximum absolute atomic E-state index is 5.70. The van der Waals surface area contributed by atoms with Crippen molar-refractivity contribution in [2.75, 3.05) is 19.7 Å². The zero-order valence-corrected chi connectivity index (χ0v) is 11.4. The highest BCUT2D eigenvalue weighted by Crippen LogP contribution is 2.36. The molecular weight excluding hydrogens is 226 g/mol. The molecule has 1 aromatic heterocycles. The van der Waals surface area contributed by atoms with E-state index in [1.807, 2.05) is 6.33 Å². The molecule has 2 saturated heterocycles. The number of aromatic nitrogens is 2. The third kappa shape index (κ3) is 1.97. The normalized spacial score (nSPS) is 31.7. The van der Waals surface area contributed by atoms with E-state index in [1.54, 1.807) is 0 Å². The molecule has 2 unspecified atom stereocenters. The first kappa shape index (κ1) is 12.2. The predicted molar refractivity (Wildman–Crippen MR) is 70.8 cm³/mol. The molecule has 18 heavy (non-hydrogen) atoms. The van der Waals surface area contributed by atoms with Crippen LogP contribution < -0.4 is 5.32 Å². The zero-order chi connectivity index (χ0) is 12.6. The second kappa shape index (κ2) is 4.67. The van der Waals surface area contributed by atoms with Crippen LogP contribution in [0.5, 0.6) is 0 Å². The van der Waals surface area contributed by atoms with Gasteiger partial charge in [0.2, 0.25) is 0 Å². The molecule has 2 aliphatic rings. The standard InChI is InChI=1S/C14H23N3O/c1-11-12(3-8-18-11)17-10-16-9-13(17)14(2)4-6-15-7-5-14/h9-12,15H,3-8H2,1-2H3. The van der Waals surface area contributed by atoms with E-state index >= 15 is 0 Å². The summed E-state index contributed by atoms with van der Waals surface area (Å²) in [7, 11) is 0. The molecule has 4 heteroatoms. The van der Waals surface area contributed by atoms with E-state index in [9.17, 15) is 0 Å². The van der Waals surface area contributed by atoms with Gasteiger partial charge in [0.05, 0.1) is 18.5 Å². The smallest absolute Gasteiger partial charge is 0.0951 e. The SMILES string of the molecule is CC1OCCC1n1cncc1C1(C)CCNCC1. The van der Waals surface area contributed by atoms with Crippen LogP contribution >= 0.6 is 0 Å². The molecule has 0 radical (unpaired) electrons. The minimum Gasteiger partial charge on any atom is -0.376 e. The Kier molecular flexibility index (Phi) is 3.16. The number of hydrogen-bond acceptors (Lipinski definition) is 3. The summed E-state index contributed by atoms with van der Waals surface area (Å²) in [6, 6.07) is 0.467. The topological polar surface area (TPSA) is 39.1 Å². The average molecular weight is 249 g/mol. The summed E-state index contributed by atoms with van der Waals surface area (Å²) >= 11 is 0. The fraction of sp³-hybridized carbons (Fsp3) is 0.786. The van der Waals surface area contributed by atoms with Crippen LogP contribution in [0.3, 0.4) is 0 Å². The third-order valence-electron chi connectivity index (χ3n) is 4.69. The summed E-state index contributed by atoms with van der Waals surface area (Å²) in [4.78, 5) is 4.41. The molecule has 100 valence electrons. The van der Waals surface area contributed by atoms with Crippen molar-refractivity contribution in [1.82, 2.24) is 14.9 Å². The molecule has 4 nitrogen and oxygen atoms in total. The summed E-state index contributed by atoms with van der Waals surface area (Å²) in [5.74, 6) is 0. The van der Waals surface area contributed by atoms with Crippen LogP contribution in [0.4, 0.5) is 0 Å². The molecule has 2 aliphatic heterocycles. The monoisotopic (exact) mass is 249 g/mol. The molecule has 0 bridgehead atoms. The van der Waals surface area contributed by atoms with Crippen molar-refractivity contribution in [2.45, 2.75) is 50.7 Å². The van der Waals surface area contributed by atoms with Crippen molar-refractivity contribution in [3.8, 4) is 0 Å². The number of imidazole rings is 1. The molecular formula is C14H23N3O. The lowest BCUT2D eigenvalue weighted by Crippen LogP contribution is -2.39. The van der Waals surface area contributed by atoms with Gasteiger partial charge in [-0.15, -0.1) is 0 Å². The third-order valence-corrected chi connectivity index (χ3v) is 4.69. The molecule has 1 N–H and O–H groups in total. The molecule has 0 aliphatic carbocycles. The number of piperidine rings is 1. The number of rotatable bonds is 2. The van der Waals surface area contributed by atoms with Gasteiger partial charge in [0, 0.05) is 23.9 Å². The van der Waals surface area contributed by atoms with Gasteiger partial charge < -0.3 is 14.6 Å². The van der Waals surface area contributed by atoms with E-state index in [1.165, 1.54) is 18.5 Å². The van der Waals surface area contributed by atoms with Crippen LogP contribution in [0.25, 0.3) is 0 Å². The Morgan fingerprint density at radius 3 is 2.89 bits per heavy atom. The number of nitrogens with one attached hydrogen (secondary N) is 1. The van der Waals surface area contributed by atoms with Crippen LogP contribution in [0.15, 0.2) is 12.5 Å². The molecule has 0 saturated carbocycles.